The second-order valence-corrected chi connectivity index (χ2v) is 15.3. The highest BCUT2D eigenvalue weighted by molar-refractivity contribution is 7.25. The fourth-order valence-electron chi connectivity index (χ4n) is 7.63. The Labute approximate surface area is 328 Å². The Morgan fingerprint density at radius 1 is 0.582 bits per heavy atom. The van der Waals surface area contributed by atoms with Crippen LogP contribution in [0.3, 0.4) is 0 Å². The molecule has 0 unspecified atom stereocenters. The first-order chi connectivity index (χ1) is 27.1. The molecule has 7 aromatic carbocycles. The van der Waals surface area contributed by atoms with Crippen molar-refractivity contribution in [1.82, 2.24) is 0 Å². The van der Waals surface area contributed by atoms with Crippen molar-refractivity contribution in [3.05, 3.63) is 217 Å². The van der Waals surface area contributed by atoms with E-state index in [1.807, 2.05) is 11.3 Å². The lowest BCUT2D eigenvalue weighted by Crippen LogP contribution is -2.11. The van der Waals surface area contributed by atoms with E-state index in [0.29, 0.717) is 0 Å². The zero-order valence-electron chi connectivity index (χ0n) is 31.0. The van der Waals surface area contributed by atoms with Crippen molar-refractivity contribution in [3.63, 3.8) is 0 Å². The van der Waals surface area contributed by atoms with Gasteiger partial charge in [-0.1, -0.05) is 158 Å². The Kier molecular flexibility index (Phi) is 9.42. The van der Waals surface area contributed by atoms with Gasteiger partial charge in [0.25, 0.3) is 0 Å². The average molecular weight is 724 g/mol. The lowest BCUT2D eigenvalue weighted by atomic mass is 9.95. The third-order valence-electron chi connectivity index (χ3n) is 10.7. The molecule has 55 heavy (non-hydrogen) atoms. The van der Waals surface area contributed by atoms with E-state index in [1.54, 1.807) is 0 Å². The van der Waals surface area contributed by atoms with Crippen LogP contribution in [-0.2, 0) is 0 Å². The standard InChI is InChI=1S/C53H41NS/c1-37-13-6-7-14-39(37)24-23-38(2)44-17-12-18-45(35-44)42-29-31-46(32-30-42)54(47-33-34-50-49-20-9-11-22-52(49)55-53(50)36-47)51-21-10-8-19-48(51)43-27-25-41(26-28-43)40-15-4-3-5-16-40/h3-5,7-12,14-36H,1,6,13H2,2H3/b38-23+,39-24-. The molecule has 1 aromatic heterocycles. The summed E-state index contributed by atoms with van der Waals surface area (Å²) in [5.74, 6) is 0. The van der Waals surface area contributed by atoms with Crippen molar-refractivity contribution >= 4 is 54.1 Å². The fourth-order valence-corrected chi connectivity index (χ4v) is 8.77. The normalized spacial score (nSPS) is 13.9. The van der Waals surface area contributed by atoms with E-state index in [2.05, 4.69) is 213 Å². The van der Waals surface area contributed by atoms with Gasteiger partial charge in [-0.25, -0.2) is 0 Å². The molecule has 1 aliphatic rings. The number of hydrogen-bond acceptors (Lipinski definition) is 2. The highest BCUT2D eigenvalue weighted by atomic mass is 32.1. The second-order valence-electron chi connectivity index (χ2n) is 14.2. The first-order valence-electron chi connectivity index (χ1n) is 19.0. The number of para-hydroxylation sites is 1. The summed E-state index contributed by atoms with van der Waals surface area (Å²) in [6.45, 7) is 6.45. The van der Waals surface area contributed by atoms with Gasteiger partial charge in [-0.3, -0.25) is 0 Å². The van der Waals surface area contributed by atoms with Crippen molar-refractivity contribution < 1.29 is 0 Å². The lowest BCUT2D eigenvalue weighted by molar-refractivity contribution is 0.973. The summed E-state index contributed by atoms with van der Waals surface area (Å²) >= 11 is 1.86. The Balaban J connectivity index is 1.11. The minimum Gasteiger partial charge on any atom is -0.310 e. The van der Waals surface area contributed by atoms with Crippen molar-refractivity contribution in [2.75, 3.05) is 4.90 Å². The number of thiophene rings is 1. The Morgan fingerprint density at radius 3 is 2.07 bits per heavy atom. The third-order valence-corrected chi connectivity index (χ3v) is 11.8. The first-order valence-corrected chi connectivity index (χ1v) is 19.8. The molecule has 8 aromatic rings. The maximum absolute atomic E-state index is 4.26. The molecule has 9 rings (SSSR count). The summed E-state index contributed by atoms with van der Waals surface area (Å²) in [5, 5.41) is 2.61. The maximum Gasteiger partial charge on any atom is 0.0540 e. The van der Waals surface area contributed by atoms with Crippen LogP contribution >= 0.6 is 11.3 Å². The van der Waals surface area contributed by atoms with E-state index in [0.717, 1.165) is 29.9 Å². The van der Waals surface area contributed by atoms with E-state index in [4.69, 9.17) is 0 Å². The summed E-state index contributed by atoms with van der Waals surface area (Å²) in [4.78, 5) is 2.42. The summed E-state index contributed by atoms with van der Waals surface area (Å²) in [7, 11) is 0. The molecule has 0 radical (unpaired) electrons. The minimum absolute atomic E-state index is 1.03. The van der Waals surface area contributed by atoms with Crippen LogP contribution in [0.5, 0.6) is 0 Å². The highest BCUT2D eigenvalue weighted by Crippen LogP contribution is 2.44. The van der Waals surface area contributed by atoms with Gasteiger partial charge in [-0.2, -0.15) is 0 Å². The van der Waals surface area contributed by atoms with Crippen LogP contribution in [0.15, 0.2) is 212 Å². The predicted molar refractivity (Wildman–Crippen MR) is 240 cm³/mol. The molecule has 2 heteroatoms. The van der Waals surface area contributed by atoms with Crippen LogP contribution in [0.2, 0.25) is 0 Å². The number of fused-ring (bicyclic) bond motifs is 3. The number of benzene rings is 7. The molecule has 0 bridgehead atoms. The SMILES string of the molecule is C=C1CCC=C/C1=C/C=C(\C)c1cccc(-c2ccc(N(c3ccc4c(c3)sc3ccccc34)c3ccccc3-c3ccc(-c4ccccc4)cc3)cc2)c1. The summed E-state index contributed by atoms with van der Waals surface area (Å²) in [6, 6.07) is 61.9. The Hall–Kier alpha value is -6.48. The third kappa shape index (κ3) is 7.01. The average Bonchev–Trinajstić information content (AvgIpc) is 3.62. The van der Waals surface area contributed by atoms with E-state index in [-0.39, 0.29) is 0 Å². The van der Waals surface area contributed by atoms with Crippen LogP contribution < -0.4 is 4.90 Å². The van der Waals surface area contributed by atoms with Gasteiger partial charge in [0.15, 0.2) is 0 Å². The largest absolute Gasteiger partial charge is 0.310 e. The van der Waals surface area contributed by atoms with Gasteiger partial charge in [-0.05, 0) is 112 Å². The molecule has 1 nitrogen and oxygen atoms in total. The van der Waals surface area contributed by atoms with Gasteiger partial charge >= 0.3 is 0 Å². The fraction of sp³-hybridized carbons (Fsp3) is 0.0566. The number of allylic oxidation sites excluding steroid dienone is 7. The molecule has 1 heterocycles. The zero-order valence-corrected chi connectivity index (χ0v) is 31.8. The summed E-state index contributed by atoms with van der Waals surface area (Å²) in [6.07, 6.45) is 11.0. The van der Waals surface area contributed by atoms with E-state index in [9.17, 15) is 0 Å². The number of rotatable bonds is 8. The molecule has 0 aliphatic heterocycles. The van der Waals surface area contributed by atoms with Crippen molar-refractivity contribution in [2.45, 2.75) is 19.8 Å². The van der Waals surface area contributed by atoms with Crippen LogP contribution in [0.25, 0.3) is 59.1 Å². The molecule has 0 amide bonds. The predicted octanol–water partition coefficient (Wildman–Crippen LogP) is 15.8. The van der Waals surface area contributed by atoms with Crippen LogP contribution in [0.1, 0.15) is 25.3 Å². The highest BCUT2D eigenvalue weighted by Gasteiger charge is 2.19. The molecular formula is C53H41NS. The van der Waals surface area contributed by atoms with Crippen molar-refractivity contribution in [2.24, 2.45) is 0 Å². The van der Waals surface area contributed by atoms with Gasteiger partial charge < -0.3 is 4.90 Å². The monoisotopic (exact) mass is 723 g/mol. The van der Waals surface area contributed by atoms with Crippen molar-refractivity contribution in [3.8, 4) is 33.4 Å². The zero-order chi connectivity index (χ0) is 37.1. The van der Waals surface area contributed by atoms with Crippen LogP contribution in [0.4, 0.5) is 17.1 Å². The topological polar surface area (TPSA) is 3.24 Å². The minimum atomic E-state index is 1.03. The second kappa shape index (κ2) is 15.1. The molecule has 0 fully saturated rings. The smallest absolute Gasteiger partial charge is 0.0540 e. The molecule has 0 saturated carbocycles. The lowest BCUT2D eigenvalue weighted by Gasteiger charge is -2.28. The summed E-state index contributed by atoms with van der Waals surface area (Å²) in [5.41, 5.74) is 15.4. The molecule has 1 aliphatic carbocycles. The van der Waals surface area contributed by atoms with Crippen molar-refractivity contribution in [1.29, 1.82) is 0 Å². The molecule has 0 N–H and O–H groups in total. The van der Waals surface area contributed by atoms with Crippen LogP contribution in [-0.4, -0.2) is 0 Å². The van der Waals surface area contributed by atoms with Gasteiger partial charge in [0, 0.05) is 37.1 Å². The van der Waals surface area contributed by atoms with Crippen LogP contribution in [0, 0.1) is 0 Å². The van der Waals surface area contributed by atoms with Gasteiger partial charge in [0.2, 0.25) is 0 Å². The molecular weight excluding hydrogens is 683 g/mol. The van der Waals surface area contributed by atoms with Gasteiger partial charge in [-0.15, -0.1) is 11.3 Å². The number of anilines is 3. The van der Waals surface area contributed by atoms with Gasteiger partial charge in [0.1, 0.15) is 0 Å². The Morgan fingerprint density at radius 2 is 1.24 bits per heavy atom. The molecule has 0 saturated heterocycles. The molecule has 0 spiro atoms. The maximum atomic E-state index is 4.26. The quantitative estimate of drug-likeness (QED) is 0.151. The van der Waals surface area contributed by atoms with E-state index < -0.39 is 0 Å². The summed E-state index contributed by atoms with van der Waals surface area (Å²) < 4.78 is 2.59. The molecule has 0 atom stereocenters. The number of hydrogen-bond donors (Lipinski definition) is 0. The van der Waals surface area contributed by atoms with E-state index in [1.165, 1.54) is 75.8 Å². The Bertz CT molecular complexity index is 2760. The number of nitrogens with zero attached hydrogens (tertiary/aromatic N) is 1. The first kappa shape index (κ1) is 34.3. The molecule has 264 valence electrons. The van der Waals surface area contributed by atoms with Gasteiger partial charge in [0.05, 0.1) is 5.69 Å². The van der Waals surface area contributed by atoms with E-state index >= 15 is 0 Å².